The van der Waals surface area contributed by atoms with E-state index in [2.05, 4.69) is 22.0 Å². The molecule has 1 heterocycles. The first-order valence-electron chi connectivity index (χ1n) is 8.83. The van der Waals surface area contributed by atoms with Crippen molar-refractivity contribution in [2.24, 2.45) is 5.73 Å². The van der Waals surface area contributed by atoms with Crippen LogP contribution in [0.2, 0.25) is 0 Å². The maximum Gasteiger partial charge on any atom is 0.227 e. The van der Waals surface area contributed by atoms with Crippen molar-refractivity contribution < 1.29 is 9.90 Å². The second-order valence-electron chi connectivity index (χ2n) is 6.91. The van der Waals surface area contributed by atoms with Crippen LogP contribution in [-0.2, 0) is 17.8 Å². The molecular formula is C21H21N3O2S. The SMILES string of the molecule is CN(Cc1ccc2c(c1)[C@@H](C(N)=O)[C@H](O)C2)c1ncsc1-c1ccccc1. The standard InChI is InChI=1S/C21H21N3O2S/c1-24(21-19(27-12-23-21)14-5-3-2-4-6-14)11-13-7-8-15-10-17(25)18(20(22)26)16(15)9-13/h2-9,12,17-18,25H,10-11H2,1H3,(H2,22,26)/t17-,18-/m1/s1. The summed E-state index contributed by atoms with van der Waals surface area (Å²) >= 11 is 1.62. The second-order valence-corrected chi connectivity index (χ2v) is 7.77. The zero-order chi connectivity index (χ0) is 19.0. The van der Waals surface area contributed by atoms with Crippen molar-refractivity contribution in [3.05, 3.63) is 70.7 Å². The number of thiazole rings is 1. The highest BCUT2D eigenvalue weighted by Gasteiger charge is 2.35. The number of primary amides is 1. The number of fused-ring (bicyclic) bond motifs is 1. The minimum atomic E-state index is -0.728. The molecule has 1 aliphatic carbocycles. The second kappa shape index (κ2) is 7.13. The number of hydrogen-bond donors (Lipinski definition) is 2. The first-order chi connectivity index (χ1) is 13.0. The molecule has 0 spiro atoms. The predicted molar refractivity (Wildman–Crippen MR) is 108 cm³/mol. The molecule has 0 bridgehead atoms. The van der Waals surface area contributed by atoms with Crippen LogP contribution >= 0.6 is 11.3 Å². The van der Waals surface area contributed by atoms with Crippen LogP contribution in [-0.4, -0.2) is 29.1 Å². The Morgan fingerprint density at radius 2 is 2.07 bits per heavy atom. The lowest BCUT2D eigenvalue weighted by Gasteiger charge is -2.19. The van der Waals surface area contributed by atoms with Gasteiger partial charge in [0.25, 0.3) is 0 Å². The van der Waals surface area contributed by atoms with E-state index in [4.69, 9.17) is 5.73 Å². The molecule has 1 aliphatic rings. The molecular weight excluding hydrogens is 358 g/mol. The molecule has 3 aromatic rings. The van der Waals surface area contributed by atoms with E-state index >= 15 is 0 Å². The fraction of sp³-hybridized carbons (Fsp3) is 0.238. The van der Waals surface area contributed by atoms with E-state index < -0.39 is 17.9 Å². The number of carbonyl (C=O) groups is 1. The first-order valence-corrected chi connectivity index (χ1v) is 9.71. The summed E-state index contributed by atoms with van der Waals surface area (Å²) < 4.78 is 0. The number of anilines is 1. The van der Waals surface area contributed by atoms with Crippen LogP contribution in [0, 0.1) is 0 Å². The number of aromatic nitrogens is 1. The maximum absolute atomic E-state index is 11.7. The summed E-state index contributed by atoms with van der Waals surface area (Å²) in [5.41, 5.74) is 11.4. The van der Waals surface area contributed by atoms with Gasteiger partial charge in [0.2, 0.25) is 5.91 Å². The van der Waals surface area contributed by atoms with Crippen molar-refractivity contribution in [3.8, 4) is 10.4 Å². The van der Waals surface area contributed by atoms with Crippen LogP contribution in [0.3, 0.4) is 0 Å². The lowest BCUT2D eigenvalue weighted by molar-refractivity contribution is -0.121. The van der Waals surface area contributed by atoms with E-state index in [-0.39, 0.29) is 0 Å². The van der Waals surface area contributed by atoms with Crippen molar-refractivity contribution >= 4 is 23.1 Å². The van der Waals surface area contributed by atoms with Gasteiger partial charge in [-0.1, -0.05) is 48.5 Å². The largest absolute Gasteiger partial charge is 0.392 e. The first kappa shape index (κ1) is 17.7. The Hall–Kier alpha value is -2.70. The lowest BCUT2D eigenvalue weighted by atomic mass is 9.97. The van der Waals surface area contributed by atoms with Crippen LogP contribution in [0.4, 0.5) is 5.82 Å². The van der Waals surface area contributed by atoms with Crippen molar-refractivity contribution in [2.75, 3.05) is 11.9 Å². The summed E-state index contributed by atoms with van der Waals surface area (Å²) in [4.78, 5) is 19.5. The van der Waals surface area contributed by atoms with E-state index in [1.54, 1.807) is 11.3 Å². The average Bonchev–Trinajstić information content (AvgIpc) is 3.26. The zero-order valence-corrected chi connectivity index (χ0v) is 15.8. The number of rotatable bonds is 5. The third-order valence-corrected chi connectivity index (χ3v) is 5.90. The minimum absolute atomic E-state index is 0.474. The van der Waals surface area contributed by atoms with Crippen LogP contribution in [0.5, 0.6) is 0 Å². The maximum atomic E-state index is 11.7. The van der Waals surface area contributed by atoms with Gasteiger partial charge in [-0.25, -0.2) is 4.98 Å². The van der Waals surface area contributed by atoms with Crippen molar-refractivity contribution in [3.63, 3.8) is 0 Å². The van der Waals surface area contributed by atoms with E-state index in [1.807, 2.05) is 49.0 Å². The lowest BCUT2D eigenvalue weighted by Crippen LogP contribution is -2.28. The summed E-state index contributed by atoms with van der Waals surface area (Å²) in [5.74, 6) is -0.166. The van der Waals surface area contributed by atoms with Gasteiger partial charge in [-0.15, -0.1) is 11.3 Å². The molecule has 4 rings (SSSR count). The van der Waals surface area contributed by atoms with Crippen LogP contribution < -0.4 is 10.6 Å². The molecule has 3 N–H and O–H groups in total. The zero-order valence-electron chi connectivity index (χ0n) is 15.0. The summed E-state index contributed by atoms with van der Waals surface area (Å²) in [5, 5.41) is 10.1. The summed E-state index contributed by atoms with van der Waals surface area (Å²) in [7, 11) is 2.01. The Morgan fingerprint density at radius 3 is 2.81 bits per heavy atom. The molecule has 0 fully saturated rings. The third-order valence-electron chi connectivity index (χ3n) is 5.03. The molecule has 2 aromatic carbocycles. The molecule has 2 atom stereocenters. The molecule has 0 saturated heterocycles. The van der Waals surface area contributed by atoms with Crippen LogP contribution in [0.15, 0.2) is 54.0 Å². The number of nitrogens with zero attached hydrogens (tertiary/aromatic N) is 2. The highest BCUT2D eigenvalue weighted by Crippen LogP contribution is 2.36. The van der Waals surface area contributed by atoms with E-state index in [0.717, 1.165) is 32.9 Å². The van der Waals surface area contributed by atoms with E-state index in [9.17, 15) is 9.90 Å². The molecule has 1 aromatic heterocycles. The predicted octanol–water partition coefficient (Wildman–Crippen LogP) is 2.93. The van der Waals surface area contributed by atoms with Crippen molar-refractivity contribution in [2.45, 2.75) is 25.0 Å². The van der Waals surface area contributed by atoms with Gasteiger partial charge in [-0.2, -0.15) is 0 Å². The third kappa shape index (κ3) is 3.34. The Bertz CT molecular complexity index is 971. The normalized spacial score (nSPS) is 18.3. The number of nitrogens with two attached hydrogens (primary N) is 1. The number of aliphatic hydroxyl groups excluding tert-OH is 1. The van der Waals surface area contributed by atoms with Gasteiger partial charge >= 0.3 is 0 Å². The van der Waals surface area contributed by atoms with Crippen molar-refractivity contribution in [1.29, 1.82) is 0 Å². The Balaban J connectivity index is 1.60. The highest BCUT2D eigenvalue weighted by molar-refractivity contribution is 7.13. The number of aliphatic hydroxyl groups is 1. The topological polar surface area (TPSA) is 79.5 Å². The van der Waals surface area contributed by atoms with Gasteiger partial charge in [0.15, 0.2) is 0 Å². The quantitative estimate of drug-likeness (QED) is 0.714. The molecule has 6 heteroatoms. The highest BCUT2D eigenvalue weighted by atomic mass is 32.1. The Morgan fingerprint density at radius 1 is 1.30 bits per heavy atom. The van der Waals surface area contributed by atoms with Gasteiger partial charge < -0.3 is 15.7 Å². The van der Waals surface area contributed by atoms with Gasteiger partial charge in [-0.3, -0.25) is 4.79 Å². The Labute approximate surface area is 162 Å². The average molecular weight is 379 g/mol. The fourth-order valence-electron chi connectivity index (χ4n) is 3.76. The number of benzene rings is 2. The van der Waals surface area contributed by atoms with Crippen molar-refractivity contribution in [1.82, 2.24) is 4.98 Å². The number of amides is 1. The number of carbonyl (C=O) groups excluding carboxylic acids is 1. The smallest absolute Gasteiger partial charge is 0.227 e. The molecule has 0 unspecified atom stereocenters. The van der Waals surface area contributed by atoms with Gasteiger partial charge in [0.1, 0.15) is 5.82 Å². The fourth-order valence-corrected chi connectivity index (χ4v) is 4.60. The molecule has 0 aliphatic heterocycles. The van der Waals surface area contributed by atoms with Crippen LogP contribution in [0.1, 0.15) is 22.6 Å². The van der Waals surface area contributed by atoms with Crippen LogP contribution in [0.25, 0.3) is 10.4 Å². The molecule has 0 saturated carbocycles. The summed E-state index contributed by atoms with van der Waals surface area (Å²) in [6, 6.07) is 16.2. The molecule has 27 heavy (non-hydrogen) atoms. The minimum Gasteiger partial charge on any atom is -0.392 e. The van der Waals surface area contributed by atoms with E-state index in [1.165, 1.54) is 0 Å². The molecule has 1 amide bonds. The molecule has 5 nitrogen and oxygen atoms in total. The van der Waals surface area contributed by atoms with E-state index in [0.29, 0.717) is 13.0 Å². The summed E-state index contributed by atoms with van der Waals surface area (Å²) in [6.07, 6.45) is -0.253. The van der Waals surface area contributed by atoms with Gasteiger partial charge in [0, 0.05) is 13.6 Å². The van der Waals surface area contributed by atoms with Gasteiger partial charge in [0.05, 0.1) is 22.4 Å². The van der Waals surface area contributed by atoms with Gasteiger partial charge in [-0.05, 0) is 28.7 Å². The summed E-state index contributed by atoms with van der Waals surface area (Å²) in [6.45, 7) is 0.651. The monoisotopic (exact) mass is 379 g/mol. The Kier molecular flexibility index (Phi) is 4.68. The number of hydrogen-bond acceptors (Lipinski definition) is 5. The molecule has 0 radical (unpaired) electrons. The molecule has 138 valence electrons.